The Hall–Kier alpha value is -1.72. The highest BCUT2D eigenvalue weighted by Gasteiger charge is 2.53. The zero-order chi connectivity index (χ0) is 18.6. The molecule has 144 valence electrons. The van der Waals surface area contributed by atoms with Crippen LogP contribution >= 0.6 is 0 Å². The number of hydrogen-bond acceptors (Lipinski definition) is 5. The van der Waals surface area contributed by atoms with Crippen molar-refractivity contribution in [3.8, 4) is 0 Å². The maximum Gasteiger partial charge on any atom is 0.232 e. The van der Waals surface area contributed by atoms with Gasteiger partial charge in [0.15, 0.2) is 5.82 Å². The van der Waals surface area contributed by atoms with E-state index in [0.29, 0.717) is 18.0 Å². The highest BCUT2D eigenvalue weighted by atomic mass is 16.5. The predicted molar refractivity (Wildman–Crippen MR) is 104 cm³/mol. The molecule has 3 atom stereocenters. The van der Waals surface area contributed by atoms with Crippen LogP contribution in [0.3, 0.4) is 0 Å². The third kappa shape index (κ3) is 3.01. The Morgan fingerprint density at radius 1 is 1.07 bits per heavy atom. The van der Waals surface area contributed by atoms with Crippen LogP contribution in [0.5, 0.6) is 0 Å². The van der Waals surface area contributed by atoms with Gasteiger partial charge in [-0.2, -0.15) is 4.98 Å². The number of piperidine rings is 3. The van der Waals surface area contributed by atoms with Gasteiger partial charge in [-0.3, -0.25) is 9.80 Å². The molecule has 0 radical (unpaired) electrons. The molecule has 4 aliphatic heterocycles. The number of hydrogen-bond donors (Lipinski definition) is 0. The molecular weight excluding hydrogens is 336 g/mol. The van der Waals surface area contributed by atoms with E-state index in [-0.39, 0.29) is 5.41 Å². The second-order valence-corrected chi connectivity index (χ2v) is 9.57. The van der Waals surface area contributed by atoms with Crippen LogP contribution in [-0.2, 0) is 12.0 Å². The van der Waals surface area contributed by atoms with Crippen LogP contribution in [0, 0.1) is 5.92 Å². The van der Waals surface area contributed by atoms with E-state index in [1.165, 1.54) is 31.5 Å². The van der Waals surface area contributed by atoms with Crippen LogP contribution < -0.4 is 0 Å². The molecule has 0 N–H and O–H groups in total. The molecule has 0 spiro atoms. The van der Waals surface area contributed by atoms with Gasteiger partial charge in [0, 0.05) is 30.0 Å². The minimum atomic E-state index is -0.0963. The van der Waals surface area contributed by atoms with E-state index < -0.39 is 0 Å². The van der Waals surface area contributed by atoms with E-state index in [1.807, 2.05) is 0 Å². The molecule has 2 bridgehead atoms. The topological polar surface area (TPSA) is 45.4 Å². The van der Waals surface area contributed by atoms with Crippen molar-refractivity contribution < 1.29 is 4.52 Å². The molecule has 1 aromatic carbocycles. The number of rotatable bonds is 3. The van der Waals surface area contributed by atoms with Crippen LogP contribution in [0.15, 0.2) is 34.9 Å². The van der Waals surface area contributed by atoms with Crippen molar-refractivity contribution in [2.75, 3.05) is 19.6 Å². The molecule has 6 rings (SSSR count). The van der Waals surface area contributed by atoms with Crippen LogP contribution in [0.1, 0.15) is 56.8 Å². The summed E-state index contributed by atoms with van der Waals surface area (Å²) in [6.45, 7) is 10.8. The Morgan fingerprint density at radius 3 is 2.48 bits per heavy atom. The highest BCUT2D eigenvalue weighted by Crippen LogP contribution is 2.46. The van der Waals surface area contributed by atoms with Crippen molar-refractivity contribution in [1.29, 1.82) is 0 Å². The van der Waals surface area contributed by atoms with E-state index in [9.17, 15) is 0 Å². The highest BCUT2D eigenvalue weighted by molar-refractivity contribution is 5.27. The van der Waals surface area contributed by atoms with Gasteiger partial charge in [0.1, 0.15) is 0 Å². The zero-order valence-electron chi connectivity index (χ0n) is 16.6. The largest absolute Gasteiger partial charge is 0.339 e. The van der Waals surface area contributed by atoms with Crippen LogP contribution in [0.2, 0.25) is 0 Å². The molecule has 2 aromatic rings. The first-order valence-electron chi connectivity index (χ1n) is 10.4. The Balaban J connectivity index is 1.43. The monoisotopic (exact) mass is 366 g/mol. The van der Waals surface area contributed by atoms with Gasteiger partial charge >= 0.3 is 0 Å². The van der Waals surface area contributed by atoms with Crippen molar-refractivity contribution in [3.05, 3.63) is 47.6 Å². The summed E-state index contributed by atoms with van der Waals surface area (Å²) in [4.78, 5) is 10.1. The molecule has 0 saturated carbocycles. The number of benzene rings is 1. The summed E-state index contributed by atoms with van der Waals surface area (Å²) in [5, 5.41) is 4.30. The molecule has 5 heterocycles. The van der Waals surface area contributed by atoms with E-state index in [4.69, 9.17) is 9.51 Å². The standard InChI is InChI=1S/C22H30N4O/c1-22(2,3)21-23-18(24-27-21)14-26-13-17(15-7-5-4-6-8-15)20-19(26)16-9-11-25(20)12-10-16/h4-8,16-17,19-20H,9-14H2,1-3H3/t17-,19+,20+/m0/s1. The van der Waals surface area contributed by atoms with Gasteiger partial charge in [-0.15, -0.1) is 0 Å². The smallest absolute Gasteiger partial charge is 0.232 e. The quantitative estimate of drug-likeness (QED) is 0.833. The summed E-state index contributed by atoms with van der Waals surface area (Å²) in [7, 11) is 0. The van der Waals surface area contributed by atoms with Crippen molar-refractivity contribution in [2.24, 2.45) is 5.92 Å². The maximum absolute atomic E-state index is 5.55. The molecule has 4 saturated heterocycles. The lowest BCUT2D eigenvalue weighted by Crippen LogP contribution is -2.60. The molecule has 4 aliphatic rings. The Bertz CT molecular complexity index is 788. The van der Waals surface area contributed by atoms with Gasteiger partial charge in [-0.1, -0.05) is 56.3 Å². The normalized spacial score (nSPS) is 33.4. The fraction of sp³-hybridized carbons (Fsp3) is 0.636. The summed E-state index contributed by atoms with van der Waals surface area (Å²) >= 11 is 0. The number of aromatic nitrogens is 2. The van der Waals surface area contributed by atoms with E-state index in [0.717, 1.165) is 30.7 Å². The lowest BCUT2D eigenvalue weighted by Gasteiger charge is -2.51. The van der Waals surface area contributed by atoms with Gasteiger partial charge in [-0.25, -0.2) is 0 Å². The minimum Gasteiger partial charge on any atom is -0.339 e. The number of fused-ring (bicyclic) bond motifs is 2. The second-order valence-electron chi connectivity index (χ2n) is 9.57. The minimum absolute atomic E-state index is 0.0963. The average molecular weight is 367 g/mol. The maximum atomic E-state index is 5.55. The molecule has 5 nitrogen and oxygen atoms in total. The summed E-state index contributed by atoms with van der Waals surface area (Å²) in [5.41, 5.74) is 1.38. The van der Waals surface area contributed by atoms with Crippen molar-refractivity contribution >= 4 is 0 Å². The van der Waals surface area contributed by atoms with Crippen molar-refractivity contribution in [3.63, 3.8) is 0 Å². The van der Waals surface area contributed by atoms with Gasteiger partial charge < -0.3 is 4.52 Å². The number of nitrogens with zero attached hydrogens (tertiary/aromatic N) is 4. The first-order valence-corrected chi connectivity index (χ1v) is 10.4. The predicted octanol–water partition coefficient (Wildman–Crippen LogP) is 3.43. The van der Waals surface area contributed by atoms with Crippen LogP contribution in [0.25, 0.3) is 0 Å². The van der Waals surface area contributed by atoms with Crippen LogP contribution in [0.4, 0.5) is 0 Å². The van der Waals surface area contributed by atoms with Crippen molar-refractivity contribution in [2.45, 2.75) is 63.6 Å². The Kier molecular flexibility index (Phi) is 4.13. The van der Waals surface area contributed by atoms with Crippen LogP contribution in [-0.4, -0.2) is 51.7 Å². The molecule has 1 aromatic heterocycles. The fourth-order valence-corrected chi connectivity index (χ4v) is 5.52. The van der Waals surface area contributed by atoms with Gasteiger partial charge in [0.25, 0.3) is 0 Å². The molecule has 0 aliphatic carbocycles. The van der Waals surface area contributed by atoms with Gasteiger partial charge in [0.05, 0.1) is 6.54 Å². The fourth-order valence-electron chi connectivity index (χ4n) is 5.52. The number of likely N-dealkylation sites (tertiary alicyclic amines) is 1. The third-order valence-corrected chi connectivity index (χ3v) is 6.78. The lowest BCUT2D eigenvalue weighted by atomic mass is 9.75. The Morgan fingerprint density at radius 2 is 1.81 bits per heavy atom. The van der Waals surface area contributed by atoms with E-state index in [2.05, 4.69) is 66.1 Å². The summed E-state index contributed by atoms with van der Waals surface area (Å²) in [6.07, 6.45) is 2.66. The molecule has 5 heteroatoms. The summed E-state index contributed by atoms with van der Waals surface area (Å²) in [6, 6.07) is 12.3. The second kappa shape index (κ2) is 6.42. The summed E-state index contributed by atoms with van der Waals surface area (Å²) in [5.74, 6) is 2.96. The zero-order valence-corrected chi connectivity index (χ0v) is 16.6. The molecule has 0 amide bonds. The summed E-state index contributed by atoms with van der Waals surface area (Å²) < 4.78 is 5.55. The van der Waals surface area contributed by atoms with Gasteiger partial charge in [-0.05, 0) is 37.4 Å². The molecule has 4 fully saturated rings. The third-order valence-electron chi connectivity index (χ3n) is 6.78. The Labute approximate surface area is 161 Å². The molecular formula is C22H30N4O. The first-order chi connectivity index (χ1) is 13.0. The van der Waals surface area contributed by atoms with Gasteiger partial charge in [0.2, 0.25) is 5.89 Å². The first kappa shape index (κ1) is 17.4. The SMILES string of the molecule is CC(C)(C)c1nc(CN2C[C@@H](c3ccccc3)[C@@H]3[C@H]2C2CCN3CC2)no1. The lowest BCUT2D eigenvalue weighted by molar-refractivity contribution is -0.00943. The van der Waals surface area contributed by atoms with E-state index in [1.54, 1.807) is 0 Å². The molecule has 27 heavy (non-hydrogen) atoms. The average Bonchev–Trinajstić information content (AvgIpc) is 3.30. The molecule has 0 unspecified atom stereocenters. The van der Waals surface area contributed by atoms with E-state index >= 15 is 0 Å². The van der Waals surface area contributed by atoms with Crippen molar-refractivity contribution in [1.82, 2.24) is 19.9 Å².